The Bertz CT molecular complexity index is 360. The minimum Gasteiger partial charge on any atom is -0.329 e. The van der Waals surface area contributed by atoms with Gasteiger partial charge >= 0.3 is 0 Å². The molecular formula is C13H29N3O2S. The zero-order chi connectivity index (χ0) is 14.5. The van der Waals surface area contributed by atoms with Crippen molar-refractivity contribution in [3.8, 4) is 0 Å². The van der Waals surface area contributed by atoms with Gasteiger partial charge in [0, 0.05) is 50.6 Å². The van der Waals surface area contributed by atoms with Crippen molar-refractivity contribution >= 4 is 9.84 Å². The lowest BCUT2D eigenvalue weighted by Gasteiger charge is -2.43. The summed E-state index contributed by atoms with van der Waals surface area (Å²) in [6.07, 6.45) is 0.709. The summed E-state index contributed by atoms with van der Waals surface area (Å²) in [5.41, 5.74) is 5.83. The van der Waals surface area contributed by atoms with Gasteiger partial charge in [-0.1, -0.05) is 6.92 Å². The van der Waals surface area contributed by atoms with Crippen molar-refractivity contribution in [3.05, 3.63) is 0 Å². The number of rotatable bonds is 7. The molecule has 5 nitrogen and oxygen atoms in total. The average Bonchev–Trinajstić information content (AvgIpc) is 2.37. The van der Waals surface area contributed by atoms with Crippen molar-refractivity contribution in [2.24, 2.45) is 5.73 Å². The smallest absolute Gasteiger partial charge is 0.151 e. The molecule has 0 unspecified atom stereocenters. The average molecular weight is 291 g/mol. The molecule has 0 amide bonds. The molecule has 0 spiro atoms. The van der Waals surface area contributed by atoms with Crippen molar-refractivity contribution < 1.29 is 8.42 Å². The normalized spacial score (nSPS) is 19.8. The lowest BCUT2D eigenvalue weighted by molar-refractivity contribution is 0.0594. The molecule has 2 N–H and O–H groups in total. The van der Waals surface area contributed by atoms with Crippen LogP contribution in [0.5, 0.6) is 0 Å². The molecule has 0 aromatic heterocycles. The fraction of sp³-hybridized carbons (Fsp3) is 1.00. The highest BCUT2D eigenvalue weighted by Gasteiger charge is 2.28. The van der Waals surface area contributed by atoms with Crippen LogP contribution in [0.15, 0.2) is 0 Å². The van der Waals surface area contributed by atoms with E-state index in [2.05, 4.69) is 23.6 Å². The fourth-order valence-electron chi connectivity index (χ4n) is 2.39. The van der Waals surface area contributed by atoms with E-state index < -0.39 is 9.84 Å². The summed E-state index contributed by atoms with van der Waals surface area (Å²) >= 11 is 0. The highest BCUT2D eigenvalue weighted by Crippen LogP contribution is 2.15. The standard InChI is InChI=1S/C13H29N3O2S/c1-4-10-19(17,18)11-9-15-5-7-16(8-6-15)13(2,3)12-14/h4-12,14H2,1-3H3. The first-order chi connectivity index (χ1) is 8.80. The largest absolute Gasteiger partial charge is 0.329 e. The van der Waals surface area contributed by atoms with Crippen molar-refractivity contribution in [2.75, 3.05) is 50.8 Å². The summed E-state index contributed by atoms with van der Waals surface area (Å²) < 4.78 is 23.4. The van der Waals surface area contributed by atoms with Gasteiger partial charge in [0.2, 0.25) is 0 Å². The van der Waals surface area contributed by atoms with E-state index in [1.165, 1.54) is 0 Å². The topological polar surface area (TPSA) is 66.6 Å². The van der Waals surface area contributed by atoms with Gasteiger partial charge in [0.15, 0.2) is 9.84 Å². The number of nitrogens with zero attached hydrogens (tertiary/aromatic N) is 2. The molecule has 1 saturated heterocycles. The highest BCUT2D eigenvalue weighted by atomic mass is 32.2. The monoisotopic (exact) mass is 291 g/mol. The first-order valence-corrected chi connectivity index (χ1v) is 9.01. The van der Waals surface area contributed by atoms with Crippen LogP contribution in [-0.4, -0.2) is 74.5 Å². The maximum atomic E-state index is 11.7. The quantitative estimate of drug-likeness (QED) is 0.724. The number of hydrogen-bond acceptors (Lipinski definition) is 5. The van der Waals surface area contributed by atoms with E-state index in [-0.39, 0.29) is 5.54 Å². The van der Waals surface area contributed by atoms with Gasteiger partial charge < -0.3 is 5.73 Å². The molecule has 0 atom stereocenters. The van der Waals surface area contributed by atoms with Gasteiger partial charge in [-0.2, -0.15) is 0 Å². The molecule has 0 aliphatic carbocycles. The Morgan fingerprint density at radius 2 is 1.68 bits per heavy atom. The third-order valence-electron chi connectivity index (χ3n) is 3.96. The summed E-state index contributed by atoms with van der Waals surface area (Å²) in [5, 5.41) is 0. The number of hydrogen-bond donors (Lipinski definition) is 1. The van der Waals surface area contributed by atoms with Crippen molar-refractivity contribution in [2.45, 2.75) is 32.7 Å². The Balaban J connectivity index is 2.35. The second kappa shape index (κ2) is 7.02. The Morgan fingerprint density at radius 1 is 1.11 bits per heavy atom. The van der Waals surface area contributed by atoms with Crippen LogP contribution in [-0.2, 0) is 9.84 Å². The van der Waals surface area contributed by atoms with Gasteiger partial charge in [-0.25, -0.2) is 8.42 Å². The summed E-state index contributed by atoms with van der Waals surface area (Å²) in [7, 11) is -2.85. The molecule has 0 aromatic carbocycles. The van der Waals surface area contributed by atoms with Gasteiger partial charge in [0.05, 0.1) is 5.75 Å². The third kappa shape index (κ3) is 5.38. The molecule has 0 aromatic rings. The Kier molecular flexibility index (Phi) is 6.23. The van der Waals surface area contributed by atoms with E-state index in [1.807, 2.05) is 6.92 Å². The number of nitrogens with two attached hydrogens (primary N) is 1. The molecule has 6 heteroatoms. The molecule has 1 rings (SSSR count). The van der Waals surface area contributed by atoms with Crippen LogP contribution in [0.25, 0.3) is 0 Å². The zero-order valence-corrected chi connectivity index (χ0v) is 13.4. The molecule has 0 bridgehead atoms. The Hall–Kier alpha value is -0.170. The van der Waals surface area contributed by atoms with Crippen molar-refractivity contribution in [1.82, 2.24) is 9.80 Å². The first kappa shape index (κ1) is 16.9. The molecule has 114 valence electrons. The van der Waals surface area contributed by atoms with E-state index in [1.54, 1.807) is 0 Å². The second-order valence-corrected chi connectivity index (χ2v) is 8.30. The van der Waals surface area contributed by atoms with E-state index in [9.17, 15) is 8.42 Å². The lowest BCUT2D eigenvalue weighted by Crippen LogP contribution is -2.57. The highest BCUT2D eigenvalue weighted by molar-refractivity contribution is 7.91. The molecule has 19 heavy (non-hydrogen) atoms. The van der Waals surface area contributed by atoms with Gasteiger partial charge in [-0.05, 0) is 20.3 Å². The van der Waals surface area contributed by atoms with Gasteiger partial charge in [0.1, 0.15) is 0 Å². The second-order valence-electron chi connectivity index (χ2n) is 6.00. The van der Waals surface area contributed by atoms with Crippen LogP contribution in [0.2, 0.25) is 0 Å². The number of sulfone groups is 1. The summed E-state index contributed by atoms with van der Waals surface area (Å²) in [6, 6.07) is 0. The zero-order valence-electron chi connectivity index (χ0n) is 12.6. The van der Waals surface area contributed by atoms with E-state index in [4.69, 9.17) is 5.73 Å². The molecular weight excluding hydrogens is 262 g/mol. The molecule has 0 radical (unpaired) electrons. The van der Waals surface area contributed by atoms with Crippen LogP contribution < -0.4 is 5.73 Å². The molecule has 1 fully saturated rings. The molecule has 0 saturated carbocycles. The van der Waals surface area contributed by atoms with Crippen LogP contribution in [0.4, 0.5) is 0 Å². The maximum Gasteiger partial charge on any atom is 0.151 e. The fourth-order valence-corrected chi connectivity index (χ4v) is 3.75. The summed E-state index contributed by atoms with van der Waals surface area (Å²) in [5.74, 6) is 0.605. The molecule has 1 heterocycles. The van der Waals surface area contributed by atoms with Crippen LogP contribution >= 0.6 is 0 Å². The van der Waals surface area contributed by atoms with Crippen LogP contribution in [0.3, 0.4) is 0 Å². The van der Waals surface area contributed by atoms with Crippen molar-refractivity contribution in [3.63, 3.8) is 0 Å². The van der Waals surface area contributed by atoms with E-state index in [0.29, 0.717) is 31.0 Å². The minimum atomic E-state index is -2.85. The van der Waals surface area contributed by atoms with Crippen LogP contribution in [0.1, 0.15) is 27.2 Å². The predicted octanol–water partition coefficient (Wildman–Crippen LogP) is 0.166. The van der Waals surface area contributed by atoms with Crippen molar-refractivity contribution in [1.29, 1.82) is 0 Å². The minimum absolute atomic E-state index is 0.0420. The van der Waals surface area contributed by atoms with E-state index >= 15 is 0 Å². The van der Waals surface area contributed by atoms with Gasteiger partial charge in [0.25, 0.3) is 0 Å². The molecule has 1 aliphatic heterocycles. The van der Waals surface area contributed by atoms with Gasteiger partial charge in [-0.3, -0.25) is 9.80 Å². The maximum absolute atomic E-state index is 11.7. The summed E-state index contributed by atoms with van der Waals surface area (Å²) in [6.45, 7) is 11.4. The van der Waals surface area contributed by atoms with Gasteiger partial charge in [-0.15, -0.1) is 0 Å². The Morgan fingerprint density at radius 3 is 2.16 bits per heavy atom. The first-order valence-electron chi connectivity index (χ1n) is 7.18. The Labute approximate surface area is 118 Å². The summed E-state index contributed by atoms with van der Waals surface area (Å²) in [4.78, 5) is 4.64. The lowest BCUT2D eigenvalue weighted by atomic mass is 10.0. The predicted molar refractivity (Wildman–Crippen MR) is 80.1 cm³/mol. The third-order valence-corrected chi connectivity index (χ3v) is 5.80. The van der Waals surface area contributed by atoms with E-state index in [0.717, 1.165) is 26.2 Å². The SMILES string of the molecule is CCCS(=O)(=O)CCN1CCN(C(C)(C)CN)CC1. The molecule has 1 aliphatic rings. The number of piperazine rings is 1. The van der Waals surface area contributed by atoms with Crippen LogP contribution in [0, 0.1) is 0 Å².